The molecule has 1 atom stereocenters. The Kier molecular flexibility index (Phi) is 4.95. The molecule has 0 spiro atoms. The van der Waals surface area contributed by atoms with Crippen molar-refractivity contribution in [3.63, 3.8) is 0 Å². The Balaban J connectivity index is 2.68. The first-order chi connectivity index (χ1) is 6.77. The molecule has 0 saturated heterocycles. The van der Waals surface area contributed by atoms with E-state index in [0.717, 1.165) is 5.02 Å². The molecule has 78 valence electrons. The molecule has 14 heavy (non-hydrogen) atoms. The van der Waals surface area contributed by atoms with Crippen molar-refractivity contribution in [1.29, 1.82) is 0 Å². The summed E-state index contributed by atoms with van der Waals surface area (Å²) in [5.41, 5.74) is 1.29. The molecule has 1 nitrogen and oxygen atoms in total. The van der Waals surface area contributed by atoms with Crippen LogP contribution in [0, 0.1) is 0 Å². The number of aromatic nitrogens is 1. The molecule has 0 aliphatic heterocycles. The maximum absolute atomic E-state index is 5.92. The van der Waals surface area contributed by atoms with Crippen LogP contribution in [0.3, 0.4) is 0 Å². The highest BCUT2D eigenvalue weighted by molar-refractivity contribution is 6.30. The number of hydrogen-bond donors (Lipinski definition) is 0. The topological polar surface area (TPSA) is 12.9 Å². The minimum absolute atomic E-state index is 0.626. The van der Waals surface area contributed by atoms with Gasteiger partial charge in [0.2, 0.25) is 0 Å². The van der Waals surface area contributed by atoms with Gasteiger partial charge in [0.05, 0.1) is 5.02 Å². The van der Waals surface area contributed by atoms with E-state index in [0.29, 0.717) is 5.92 Å². The number of pyridine rings is 1. The van der Waals surface area contributed by atoms with Gasteiger partial charge in [-0.05, 0) is 30.4 Å². The Morgan fingerprint density at radius 3 is 2.71 bits per heavy atom. The summed E-state index contributed by atoms with van der Waals surface area (Å²) >= 11 is 5.92. The van der Waals surface area contributed by atoms with Crippen LogP contribution in [0.15, 0.2) is 18.5 Å². The second-order valence-corrected chi connectivity index (χ2v) is 4.12. The number of halogens is 1. The molecule has 2 heteroatoms. The zero-order valence-corrected chi connectivity index (χ0v) is 9.72. The van der Waals surface area contributed by atoms with E-state index in [1.165, 1.54) is 31.2 Å². The molecule has 0 amide bonds. The first kappa shape index (κ1) is 11.5. The molecule has 0 aromatic carbocycles. The van der Waals surface area contributed by atoms with E-state index in [-0.39, 0.29) is 0 Å². The van der Waals surface area contributed by atoms with Gasteiger partial charge in [-0.2, -0.15) is 0 Å². The van der Waals surface area contributed by atoms with Crippen LogP contribution < -0.4 is 0 Å². The third kappa shape index (κ3) is 3.30. The summed E-state index contributed by atoms with van der Waals surface area (Å²) in [7, 11) is 0. The number of unbranched alkanes of at least 4 members (excludes halogenated alkanes) is 1. The Labute approximate surface area is 91.5 Å². The van der Waals surface area contributed by atoms with E-state index in [1.54, 1.807) is 6.20 Å². The summed E-state index contributed by atoms with van der Waals surface area (Å²) < 4.78 is 0. The smallest absolute Gasteiger partial charge is 0.0592 e. The van der Waals surface area contributed by atoms with Gasteiger partial charge in [0.1, 0.15) is 0 Å². The maximum Gasteiger partial charge on any atom is 0.0592 e. The minimum atomic E-state index is 0.626. The summed E-state index contributed by atoms with van der Waals surface area (Å²) in [5, 5.41) is 0.748. The van der Waals surface area contributed by atoms with Crippen molar-refractivity contribution >= 4 is 11.6 Å². The van der Waals surface area contributed by atoms with Crippen LogP contribution in [-0.2, 0) is 0 Å². The van der Waals surface area contributed by atoms with Gasteiger partial charge in [0.15, 0.2) is 0 Å². The highest BCUT2D eigenvalue weighted by atomic mass is 35.5. The van der Waals surface area contributed by atoms with Gasteiger partial charge in [-0.3, -0.25) is 4.98 Å². The average molecular weight is 212 g/mol. The van der Waals surface area contributed by atoms with Gasteiger partial charge < -0.3 is 0 Å². The summed E-state index contributed by atoms with van der Waals surface area (Å²) in [6.07, 6.45) is 8.58. The Hall–Kier alpha value is -0.560. The number of nitrogens with zero attached hydrogens (tertiary/aromatic N) is 1. The van der Waals surface area contributed by atoms with Crippen LogP contribution in [0.1, 0.15) is 51.0 Å². The normalized spacial score (nSPS) is 12.8. The molecule has 0 aliphatic carbocycles. The van der Waals surface area contributed by atoms with Crippen molar-refractivity contribution < 1.29 is 0 Å². The van der Waals surface area contributed by atoms with E-state index in [4.69, 9.17) is 11.6 Å². The second-order valence-electron chi connectivity index (χ2n) is 3.68. The Morgan fingerprint density at radius 2 is 2.14 bits per heavy atom. The Morgan fingerprint density at radius 1 is 1.36 bits per heavy atom. The van der Waals surface area contributed by atoms with Gasteiger partial charge in [-0.1, -0.05) is 38.3 Å². The first-order valence-electron chi connectivity index (χ1n) is 5.38. The number of hydrogen-bond acceptors (Lipinski definition) is 1. The van der Waals surface area contributed by atoms with Crippen LogP contribution in [0.4, 0.5) is 0 Å². The molecule has 0 bridgehead atoms. The van der Waals surface area contributed by atoms with Gasteiger partial charge in [-0.15, -0.1) is 0 Å². The van der Waals surface area contributed by atoms with E-state index in [2.05, 4.69) is 18.8 Å². The van der Waals surface area contributed by atoms with Crippen molar-refractivity contribution in [1.82, 2.24) is 4.98 Å². The van der Waals surface area contributed by atoms with Crippen molar-refractivity contribution in [3.8, 4) is 0 Å². The third-order valence-electron chi connectivity index (χ3n) is 2.60. The van der Waals surface area contributed by atoms with Gasteiger partial charge in [0.25, 0.3) is 0 Å². The van der Waals surface area contributed by atoms with Crippen LogP contribution in [0.2, 0.25) is 5.02 Å². The zero-order chi connectivity index (χ0) is 10.4. The maximum atomic E-state index is 5.92. The fraction of sp³-hybridized carbons (Fsp3) is 0.583. The van der Waals surface area contributed by atoms with Crippen LogP contribution in [0.5, 0.6) is 0 Å². The van der Waals surface area contributed by atoms with Crippen molar-refractivity contribution in [2.24, 2.45) is 0 Å². The summed E-state index contributed by atoms with van der Waals surface area (Å²) in [5.74, 6) is 0.626. The minimum Gasteiger partial charge on any atom is -0.263 e. The van der Waals surface area contributed by atoms with Crippen LogP contribution >= 0.6 is 11.6 Å². The first-order valence-corrected chi connectivity index (χ1v) is 5.76. The lowest BCUT2D eigenvalue weighted by molar-refractivity contribution is 0.568. The van der Waals surface area contributed by atoms with Crippen LogP contribution in [-0.4, -0.2) is 4.98 Å². The second kappa shape index (κ2) is 6.02. The lowest BCUT2D eigenvalue weighted by Crippen LogP contribution is -1.97. The standard InChI is InChI=1S/C12H18ClN/c1-3-5-6-10(4-2)11-7-12(13)9-14-8-11/h7-10H,3-6H2,1-2H3. The van der Waals surface area contributed by atoms with Crippen LogP contribution in [0.25, 0.3) is 0 Å². The summed E-state index contributed by atoms with van der Waals surface area (Å²) in [4.78, 5) is 4.13. The lowest BCUT2D eigenvalue weighted by atomic mass is 9.93. The largest absolute Gasteiger partial charge is 0.263 e. The summed E-state index contributed by atoms with van der Waals surface area (Å²) in [6, 6.07) is 2.04. The highest BCUT2D eigenvalue weighted by Gasteiger charge is 2.09. The van der Waals surface area contributed by atoms with E-state index in [9.17, 15) is 0 Å². The predicted molar refractivity (Wildman–Crippen MR) is 61.8 cm³/mol. The van der Waals surface area contributed by atoms with Crippen molar-refractivity contribution in [2.45, 2.75) is 45.4 Å². The molecule has 0 fully saturated rings. The number of rotatable bonds is 5. The fourth-order valence-electron chi connectivity index (χ4n) is 1.71. The average Bonchev–Trinajstić information content (AvgIpc) is 2.19. The quantitative estimate of drug-likeness (QED) is 0.703. The highest BCUT2D eigenvalue weighted by Crippen LogP contribution is 2.26. The van der Waals surface area contributed by atoms with E-state index >= 15 is 0 Å². The third-order valence-corrected chi connectivity index (χ3v) is 2.80. The monoisotopic (exact) mass is 211 g/mol. The van der Waals surface area contributed by atoms with Gasteiger partial charge in [0, 0.05) is 12.4 Å². The molecule has 0 saturated carbocycles. The molecule has 1 heterocycles. The molecular formula is C12H18ClN. The molecule has 0 radical (unpaired) electrons. The van der Waals surface area contributed by atoms with Gasteiger partial charge >= 0.3 is 0 Å². The SMILES string of the molecule is CCCCC(CC)c1cncc(Cl)c1. The summed E-state index contributed by atoms with van der Waals surface area (Å²) in [6.45, 7) is 4.45. The fourth-order valence-corrected chi connectivity index (χ4v) is 1.89. The van der Waals surface area contributed by atoms with Crippen molar-refractivity contribution in [2.75, 3.05) is 0 Å². The molecule has 1 aromatic rings. The molecule has 0 N–H and O–H groups in total. The molecule has 1 rings (SSSR count). The van der Waals surface area contributed by atoms with Crippen molar-refractivity contribution in [3.05, 3.63) is 29.0 Å². The molecule has 1 unspecified atom stereocenters. The van der Waals surface area contributed by atoms with E-state index in [1.807, 2.05) is 12.3 Å². The Bertz CT molecular complexity index is 273. The zero-order valence-electron chi connectivity index (χ0n) is 8.96. The molecular weight excluding hydrogens is 194 g/mol. The molecule has 0 aliphatic rings. The predicted octanol–water partition coefficient (Wildman–Crippen LogP) is 4.42. The van der Waals surface area contributed by atoms with Gasteiger partial charge in [-0.25, -0.2) is 0 Å². The molecule has 1 aromatic heterocycles. The lowest BCUT2D eigenvalue weighted by Gasteiger charge is -2.14. The van der Waals surface area contributed by atoms with E-state index < -0.39 is 0 Å².